The number of carbonyl (C=O) groups excluding carboxylic acids is 1. The Morgan fingerprint density at radius 1 is 1.42 bits per heavy atom. The average molecular weight is 263 g/mol. The summed E-state index contributed by atoms with van der Waals surface area (Å²) in [4.78, 5) is 14.5. The van der Waals surface area contributed by atoms with Gasteiger partial charge < -0.3 is 9.32 Å². The maximum absolute atomic E-state index is 12.5. The van der Waals surface area contributed by atoms with Crippen molar-refractivity contribution in [2.75, 3.05) is 13.1 Å². The fourth-order valence-electron chi connectivity index (χ4n) is 2.75. The van der Waals surface area contributed by atoms with Crippen LogP contribution in [-0.2, 0) is 4.79 Å². The van der Waals surface area contributed by atoms with Crippen molar-refractivity contribution < 1.29 is 9.21 Å². The first kappa shape index (κ1) is 14.2. The SMILES string of the molecule is CCC(CC)CN(CC)C(=O)C1CC1c1ccco1. The molecule has 0 spiro atoms. The quantitative estimate of drug-likeness (QED) is 0.752. The van der Waals surface area contributed by atoms with E-state index < -0.39 is 0 Å². The van der Waals surface area contributed by atoms with E-state index in [1.54, 1.807) is 6.26 Å². The van der Waals surface area contributed by atoms with Crippen LogP contribution in [0.5, 0.6) is 0 Å². The Balaban J connectivity index is 1.91. The molecule has 0 N–H and O–H groups in total. The van der Waals surface area contributed by atoms with Crippen molar-refractivity contribution in [2.45, 2.75) is 46.0 Å². The van der Waals surface area contributed by atoms with E-state index in [0.29, 0.717) is 17.7 Å². The van der Waals surface area contributed by atoms with Crippen molar-refractivity contribution in [1.29, 1.82) is 0 Å². The van der Waals surface area contributed by atoms with Crippen LogP contribution in [0, 0.1) is 11.8 Å². The summed E-state index contributed by atoms with van der Waals surface area (Å²) >= 11 is 0. The smallest absolute Gasteiger partial charge is 0.226 e. The van der Waals surface area contributed by atoms with Gasteiger partial charge in [-0.3, -0.25) is 4.79 Å². The Morgan fingerprint density at radius 2 is 2.16 bits per heavy atom. The molecule has 1 aromatic rings. The summed E-state index contributed by atoms with van der Waals surface area (Å²) < 4.78 is 5.40. The Labute approximate surface area is 116 Å². The van der Waals surface area contributed by atoms with Gasteiger partial charge in [0.25, 0.3) is 0 Å². The van der Waals surface area contributed by atoms with E-state index in [1.165, 1.54) is 0 Å². The van der Waals surface area contributed by atoms with Crippen LogP contribution in [0.3, 0.4) is 0 Å². The van der Waals surface area contributed by atoms with E-state index in [9.17, 15) is 4.79 Å². The highest BCUT2D eigenvalue weighted by Gasteiger charge is 2.47. The van der Waals surface area contributed by atoms with Crippen LogP contribution in [0.15, 0.2) is 22.8 Å². The van der Waals surface area contributed by atoms with Gasteiger partial charge >= 0.3 is 0 Å². The maximum Gasteiger partial charge on any atom is 0.226 e. The van der Waals surface area contributed by atoms with E-state index in [0.717, 1.165) is 38.1 Å². The maximum atomic E-state index is 12.5. The number of amides is 1. The van der Waals surface area contributed by atoms with Crippen molar-refractivity contribution in [3.8, 4) is 0 Å². The first-order valence-electron chi connectivity index (χ1n) is 7.53. The summed E-state index contributed by atoms with van der Waals surface area (Å²) in [6, 6.07) is 3.88. The normalized spacial score (nSPS) is 21.7. The third kappa shape index (κ3) is 3.20. The van der Waals surface area contributed by atoms with Crippen LogP contribution in [0.2, 0.25) is 0 Å². The molecule has 0 bridgehead atoms. The van der Waals surface area contributed by atoms with Crippen LogP contribution >= 0.6 is 0 Å². The molecule has 3 heteroatoms. The lowest BCUT2D eigenvalue weighted by Crippen LogP contribution is -2.36. The van der Waals surface area contributed by atoms with Crippen LogP contribution in [0.1, 0.15) is 51.7 Å². The molecular formula is C16H25NO2. The van der Waals surface area contributed by atoms with Crippen molar-refractivity contribution in [3.63, 3.8) is 0 Å². The second kappa shape index (κ2) is 6.27. The standard InChI is InChI=1S/C16H25NO2/c1-4-12(5-2)11-17(6-3)16(18)14-10-13(14)15-8-7-9-19-15/h7-9,12-14H,4-6,10-11H2,1-3H3. The van der Waals surface area contributed by atoms with E-state index in [2.05, 4.69) is 20.8 Å². The molecule has 1 aliphatic rings. The Bertz CT molecular complexity index is 395. The van der Waals surface area contributed by atoms with Crippen molar-refractivity contribution >= 4 is 5.91 Å². The second-order valence-corrected chi connectivity index (χ2v) is 5.52. The molecule has 1 fully saturated rings. The molecule has 1 amide bonds. The largest absolute Gasteiger partial charge is 0.469 e. The molecule has 19 heavy (non-hydrogen) atoms. The molecule has 0 aliphatic heterocycles. The Morgan fingerprint density at radius 3 is 2.68 bits per heavy atom. The molecular weight excluding hydrogens is 238 g/mol. The molecule has 0 aromatic carbocycles. The van der Waals surface area contributed by atoms with Crippen molar-refractivity contribution in [2.24, 2.45) is 11.8 Å². The summed E-state index contributed by atoms with van der Waals surface area (Å²) in [5, 5.41) is 0. The van der Waals surface area contributed by atoms with E-state index >= 15 is 0 Å². The molecule has 0 radical (unpaired) electrons. The van der Waals surface area contributed by atoms with Gasteiger partial charge in [0.05, 0.1) is 6.26 Å². The lowest BCUT2D eigenvalue weighted by molar-refractivity contribution is -0.133. The van der Waals surface area contributed by atoms with Gasteiger partial charge in [0.2, 0.25) is 5.91 Å². The summed E-state index contributed by atoms with van der Waals surface area (Å²) in [6.07, 6.45) is 4.93. The lowest BCUT2D eigenvalue weighted by Gasteiger charge is -2.25. The van der Waals surface area contributed by atoms with Gasteiger partial charge in [0.1, 0.15) is 5.76 Å². The predicted molar refractivity (Wildman–Crippen MR) is 75.9 cm³/mol. The molecule has 1 heterocycles. The highest BCUT2D eigenvalue weighted by atomic mass is 16.3. The zero-order chi connectivity index (χ0) is 13.8. The van der Waals surface area contributed by atoms with Gasteiger partial charge in [0.15, 0.2) is 0 Å². The van der Waals surface area contributed by atoms with E-state index in [1.807, 2.05) is 17.0 Å². The number of furan rings is 1. The first-order chi connectivity index (χ1) is 9.21. The molecule has 3 nitrogen and oxygen atoms in total. The molecule has 1 saturated carbocycles. The first-order valence-corrected chi connectivity index (χ1v) is 7.53. The molecule has 106 valence electrons. The molecule has 1 aliphatic carbocycles. The Kier molecular flexibility index (Phi) is 4.67. The highest BCUT2D eigenvalue weighted by Crippen LogP contribution is 2.48. The molecule has 1 aromatic heterocycles. The third-order valence-electron chi connectivity index (χ3n) is 4.34. The van der Waals surface area contributed by atoms with Gasteiger partial charge in [-0.25, -0.2) is 0 Å². The fourth-order valence-corrected chi connectivity index (χ4v) is 2.75. The highest BCUT2D eigenvalue weighted by molar-refractivity contribution is 5.82. The van der Waals surface area contributed by atoms with Gasteiger partial charge in [-0.05, 0) is 31.4 Å². The number of hydrogen-bond donors (Lipinski definition) is 0. The third-order valence-corrected chi connectivity index (χ3v) is 4.34. The Hall–Kier alpha value is -1.25. The van der Waals surface area contributed by atoms with Crippen LogP contribution in [0.4, 0.5) is 0 Å². The minimum absolute atomic E-state index is 0.153. The molecule has 2 unspecified atom stereocenters. The zero-order valence-corrected chi connectivity index (χ0v) is 12.3. The van der Waals surface area contributed by atoms with E-state index in [4.69, 9.17) is 4.42 Å². The van der Waals surface area contributed by atoms with E-state index in [-0.39, 0.29) is 5.92 Å². The molecule has 2 rings (SSSR count). The van der Waals surface area contributed by atoms with Crippen LogP contribution in [-0.4, -0.2) is 23.9 Å². The summed E-state index contributed by atoms with van der Waals surface area (Å²) in [6.45, 7) is 8.20. The monoisotopic (exact) mass is 263 g/mol. The average Bonchev–Trinajstić information content (AvgIpc) is 3.05. The summed E-state index contributed by atoms with van der Waals surface area (Å²) in [7, 11) is 0. The zero-order valence-electron chi connectivity index (χ0n) is 12.3. The second-order valence-electron chi connectivity index (χ2n) is 5.52. The number of nitrogens with zero attached hydrogens (tertiary/aromatic N) is 1. The van der Waals surface area contributed by atoms with Crippen LogP contribution < -0.4 is 0 Å². The fraction of sp³-hybridized carbons (Fsp3) is 0.688. The predicted octanol–water partition coefficient (Wildman–Crippen LogP) is 3.67. The van der Waals surface area contributed by atoms with Gasteiger partial charge in [-0.2, -0.15) is 0 Å². The van der Waals surface area contributed by atoms with Crippen molar-refractivity contribution in [1.82, 2.24) is 4.90 Å². The van der Waals surface area contributed by atoms with Gasteiger partial charge in [-0.1, -0.05) is 26.7 Å². The topological polar surface area (TPSA) is 33.5 Å². The number of hydrogen-bond acceptors (Lipinski definition) is 2. The van der Waals surface area contributed by atoms with Gasteiger partial charge in [-0.15, -0.1) is 0 Å². The van der Waals surface area contributed by atoms with Gasteiger partial charge in [0, 0.05) is 24.9 Å². The minimum atomic E-state index is 0.153. The molecule has 2 atom stereocenters. The summed E-state index contributed by atoms with van der Waals surface area (Å²) in [5.41, 5.74) is 0. The number of carbonyl (C=O) groups is 1. The molecule has 0 saturated heterocycles. The lowest BCUT2D eigenvalue weighted by atomic mass is 10.0. The number of rotatable bonds is 7. The summed E-state index contributed by atoms with van der Waals surface area (Å²) in [5.74, 6) is 2.39. The van der Waals surface area contributed by atoms with Crippen molar-refractivity contribution in [3.05, 3.63) is 24.2 Å². The van der Waals surface area contributed by atoms with Crippen LogP contribution in [0.25, 0.3) is 0 Å². The minimum Gasteiger partial charge on any atom is -0.469 e.